The van der Waals surface area contributed by atoms with Gasteiger partial charge in [-0.2, -0.15) is 4.98 Å². The van der Waals surface area contributed by atoms with E-state index in [1.54, 1.807) is 18.2 Å². The summed E-state index contributed by atoms with van der Waals surface area (Å²) in [6, 6.07) is 6.37. The lowest BCUT2D eigenvalue weighted by Crippen LogP contribution is -2.08. The minimum absolute atomic E-state index is 0.232. The summed E-state index contributed by atoms with van der Waals surface area (Å²) >= 11 is 1.33. The molecule has 1 aromatic carbocycles. The van der Waals surface area contributed by atoms with Gasteiger partial charge in [0.1, 0.15) is 5.82 Å². The zero-order valence-electron chi connectivity index (χ0n) is 9.97. The number of hydrogen-bond acceptors (Lipinski definition) is 5. The zero-order chi connectivity index (χ0) is 13.0. The Balaban J connectivity index is 1.98. The number of halogens is 1. The standard InChI is InChI=1S/C12H14FN3OS/c1-2-9(14)12-15-11(16-17-12)7-18-10-6-4-3-5-8(10)13/h3-6,9H,2,7,14H2,1H3. The van der Waals surface area contributed by atoms with Crippen molar-refractivity contribution < 1.29 is 8.91 Å². The van der Waals surface area contributed by atoms with Crippen LogP contribution in [0.3, 0.4) is 0 Å². The first-order chi connectivity index (χ1) is 8.70. The van der Waals surface area contributed by atoms with E-state index in [0.717, 1.165) is 6.42 Å². The Bertz CT molecular complexity index is 518. The lowest BCUT2D eigenvalue weighted by atomic mass is 10.2. The fourth-order valence-electron chi connectivity index (χ4n) is 1.36. The van der Waals surface area contributed by atoms with Crippen molar-refractivity contribution in [1.82, 2.24) is 10.1 Å². The van der Waals surface area contributed by atoms with E-state index in [1.807, 2.05) is 6.92 Å². The largest absolute Gasteiger partial charge is 0.338 e. The monoisotopic (exact) mass is 267 g/mol. The second-order valence-electron chi connectivity index (χ2n) is 3.78. The highest BCUT2D eigenvalue weighted by Gasteiger charge is 2.13. The molecule has 96 valence electrons. The predicted octanol–water partition coefficient (Wildman–Crippen LogP) is 2.91. The van der Waals surface area contributed by atoms with E-state index in [2.05, 4.69) is 10.1 Å². The third-order valence-corrected chi connectivity index (χ3v) is 3.48. The highest BCUT2D eigenvalue weighted by atomic mass is 32.2. The van der Waals surface area contributed by atoms with E-state index >= 15 is 0 Å². The maximum Gasteiger partial charge on any atom is 0.243 e. The molecule has 0 aliphatic heterocycles. The molecule has 0 radical (unpaired) electrons. The van der Waals surface area contributed by atoms with Crippen molar-refractivity contribution in [1.29, 1.82) is 0 Å². The van der Waals surface area contributed by atoms with Crippen LogP contribution in [0.5, 0.6) is 0 Å². The molecule has 0 saturated heterocycles. The SMILES string of the molecule is CCC(N)c1nc(CSc2ccccc2F)no1. The van der Waals surface area contributed by atoms with Gasteiger partial charge >= 0.3 is 0 Å². The number of benzene rings is 1. The van der Waals surface area contributed by atoms with Crippen LogP contribution in [-0.2, 0) is 5.75 Å². The van der Waals surface area contributed by atoms with Crippen LogP contribution in [-0.4, -0.2) is 10.1 Å². The number of nitrogens with two attached hydrogens (primary N) is 1. The molecule has 1 heterocycles. The van der Waals surface area contributed by atoms with Crippen molar-refractivity contribution in [3.05, 3.63) is 41.8 Å². The topological polar surface area (TPSA) is 64.9 Å². The molecule has 1 aromatic heterocycles. The Morgan fingerprint density at radius 3 is 2.94 bits per heavy atom. The molecule has 0 fully saturated rings. The number of nitrogens with zero attached hydrogens (tertiary/aromatic N) is 2. The van der Waals surface area contributed by atoms with E-state index < -0.39 is 0 Å². The summed E-state index contributed by atoms with van der Waals surface area (Å²) in [6.07, 6.45) is 0.738. The molecule has 6 heteroatoms. The Morgan fingerprint density at radius 1 is 1.44 bits per heavy atom. The van der Waals surface area contributed by atoms with Crippen molar-refractivity contribution in [2.75, 3.05) is 0 Å². The molecule has 18 heavy (non-hydrogen) atoms. The van der Waals surface area contributed by atoms with E-state index in [9.17, 15) is 4.39 Å². The van der Waals surface area contributed by atoms with Gasteiger partial charge in [-0.05, 0) is 18.6 Å². The minimum atomic E-state index is -0.239. The molecule has 2 N–H and O–H groups in total. The lowest BCUT2D eigenvalue weighted by Gasteiger charge is -2.00. The van der Waals surface area contributed by atoms with Gasteiger partial charge in [-0.1, -0.05) is 24.2 Å². The first-order valence-electron chi connectivity index (χ1n) is 5.66. The molecule has 1 unspecified atom stereocenters. The molecule has 0 saturated carbocycles. The average Bonchev–Trinajstić information content (AvgIpc) is 2.86. The predicted molar refractivity (Wildman–Crippen MR) is 67.5 cm³/mol. The Morgan fingerprint density at radius 2 is 2.22 bits per heavy atom. The van der Waals surface area contributed by atoms with Crippen molar-refractivity contribution in [2.45, 2.75) is 30.0 Å². The highest BCUT2D eigenvalue weighted by molar-refractivity contribution is 7.98. The molecule has 0 aliphatic rings. The Labute approximate surface area is 109 Å². The van der Waals surface area contributed by atoms with Crippen LogP contribution in [0.15, 0.2) is 33.7 Å². The average molecular weight is 267 g/mol. The van der Waals surface area contributed by atoms with Gasteiger partial charge < -0.3 is 10.3 Å². The molecule has 0 bridgehead atoms. The van der Waals surface area contributed by atoms with Crippen molar-refractivity contribution >= 4 is 11.8 Å². The zero-order valence-corrected chi connectivity index (χ0v) is 10.8. The maximum absolute atomic E-state index is 13.4. The number of hydrogen-bond donors (Lipinski definition) is 1. The summed E-state index contributed by atoms with van der Waals surface area (Å²) in [5.41, 5.74) is 5.78. The van der Waals surface area contributed by atoms with Crippen LogP contribution >= 0.6 is 11.8 Å². The normalized spacial score (nSPS) is 12.6. The second-order valence-corrected chi connectivity index (χ2v) is 4.80. The maximum atomic E-state index is 13.4. The van der Waals surface area contributed by atoms with Crippen LogP contribution in [0.25, 0.3) is 0 Å². The van der Waals surface area contributed by atoms with E-state index in [0.29, 0.717) is 22.4 Å². The number of thioether (sulfide) groups is 1. The van der Waals surface area contributed by atoms with E-state index in [-0.39, 0.29) is 11.9 Å². The molecular weight excluding hydrogens is 253 g/mol. The molecular formula is C12H14FN3OS. The Hall–Kier alpha value is -1.40. The smallest absolute Gasteiger partial charge is 0.243 e. The third-order valence-electron chi connectivity index (χ3n) is 2.43. The lowest BCUT2D eigenvalue weighted by molar-refractivity contribution is 0.349. The third kappa shape index (κ3) is 3.08. The van der Waals surface area contributed by atoms with Gasteiger partial charge in [0.2, 0.25) is 5.89 Å². The van der Waals surface area contributed by atoms with Crippen LogP contribution < -0.4 is 5.73 Å². The van der Waals surface area contributed by atoms with Crippen LogP contribution in [0, 0.1) is 5.82 Å². The molecule has 0 aliphatic carbocycles. The summed E-state index contributed by atoms with van der Waals surface area (Å²) in [6.45, 7) is 1.95. The van der Waals surface area contributed by atoms with Gasteiger partial charge in [-0.3, -0.25) is 0 Å². The molecule has 2 rings (SSSR count). The fourth-order valence-corrected chi connectivity index (χ4v) is 2.14. The van der Waals surface area contributed by atoms with Gasteiger partial charge in [-0.15, -0.1) is 11.8 Å². The first kappa shape index (κ1) is 13.0. The summed E-state index contributed by atoms with van der Waals surface area (Å²) in [7, 11) is 0. The first-order valence-corrected chi connectivity index (χ1v) is 6.64. The van der Waals surface area contributed by atoms with Gasteiger partial charge in [0, 0.05) is 4.90 Å². The summed E-state index contributed by atoms with van der Waals surface area (Å²) in [5, 5.41) is 3.82. The van der Waals surface area contributed by atoms with Crippen molar-refractivity contribution in [3.8, 4) is 0 Å². The summed E-state index contributed by atoms with van der Waals surface area (Å²) < 4.78 is 18.4. The number of rotatable bonds is 5. The molecule has 0 amide bonds. The molecule has 0 spiro atoms. The summed E-state index contributed by atoms with van der Waals surface area (Å²) in [4.78, 5) is 4.75. The van der Waals surface area contributed by atoms with Gasteiger partial charge in [0.25, 0.3) is 0 Å². The molecule has 2 aromatic rings. The Kier molecular flexibility index (Phi) is 4.33. The number of aromatic nitrogens is 2. The van der Waals surface area contributed by atoms with Crippen molar-refractivity contribution in [3.63, 3.8) is 0 Å². The molecule has 1 atom stereocenters. The second kappa shape index (κ2) is 5.97. The van der Waals surface area contributed by atoms with Crippen LogP contribution in [0.4, 0.5) is 4.39 Å². The van der Waals surface area contributed by atoms with Gasteiger partial charge in [0.15, 0.2) is 5.82 Å². The van der Waals surface area contributed by atoms with E-state index in [1.165, 1.54) is 17.8 Å². The van der Waals surface area contributed by atoms with Crippen LogP contribution in [0.1, 0.15) is 31.1 Å². The van der Waals surface area contributed by atoms with Crippen molar-refractivity contribution in [2.24, 2.45) is 5.73 Å². The van der Waals surface area contributed by atoms with E-state index in [4.69, 9.17) is 10.3 Å². The van der Waals surface area contributed by atoms with Gasteiger partial charge in [-0.25, -0.2) is 4.39 Å². The van der Waals surface area contributed by atoms with Gasteiger partial charge in [0.05, 0.1) is 11.8 Å². The summed E-state index contributed by atoms with van der Waals surface area (Å²) in [5.74, 6) is 1.18. The molecule has 4 nitrogen and oxygen atoms in total. The highest BCUT2D eigenvalue weighted by Crippen LogP contribution is 2.24. The quantitative estimate of drug-likeness (QED) is 0.844. The minimum Gasteiger partial charge on any atom is -0.338 e. The van der Waals surface area contributed by atoms with Crippen LogP contribution in [0.2, 0.25) is 0 Å². The fraction of sp³-hybridized carbons (Fsp3) is 0.333.